The van der Waals surface area contributed by atoms with Crippen LogP contribution in [-0.4, -0.2) is 15.0 Å². The van der Waals surface area contributed by atoms with E-state index >= 15 is 0 Å². The molecule has 4 fully saturated rings. The highest BCUT2D eigenvalue weighted by Gasteiger charge is 2.50. The number of nitrogens with two attached hydrogens (primary N) is 1. The average Bonchev–Trinajstić information content (AvgIpc) is 2.70. The molecule has 0 unspecified atom stereocenters. The fourth-order valence-electron chi connectivity index (χ4n) is 5.33. The lowest BCUT2D eigenvalue weighted by Crippen LogP contribution is -2.44. The van der Waals surface area contributed by atoms with Gasteiger partial charge in [0.1, 0.15) is 0 Å². The van der Waals surface area contributed by atoms with E-state index in [9.17, 15) is 0 Å². The van der Waals surface area contributed by atoms with Gasteiger partial charge in [-0.15, -0.1) is 5.10 Å². The summed E-state index contributed by atoms with van der Waals surface area (Å²) < 4.78 is 2.00. The maximum Gasteiger partial charge on any atom is 0.0997 e. The van der Waals surface area contributed by atoms with Gasteiger partial charge in [0, 0.05) is 19.5 Å². The summed E-state index contributed by atoms with van der Waals surface area (Å²) in [7, 11) is 2.03. The monoisotopic (exact) mass is 246 g/mol. The molecule has 0 aliphatic heterocycles. The molecule has 0 saturated heterocycles. The predicted octanol–water partition coefficient (Wildman–Crippen LogP) is 1.81. The Labute approximate surface area is 108 Å². The van der Waals surface area contributed by atoms with Gasteiger partial charge in [-0.2, -0.15) is 0 Å². The van der Waals surface area contributed by atoms with Crippen molar-refractivity contribution >= 4 is 0 Å². The van der Waals surface area contributed by atoms with Gasteiger partial charge in [-0.25, -0.2) is 0 Å². The first kappa shape index (κ1) is 11.0. The van der Waals surface area contributed by atoms with E-state index in [0.717, 1.165) is 29.4 Å². The Morgan fingerprint density at radius 1 is 1.11 bits per heavy atom. The first-order chi connectivity index (χ1) is 8.76. The van der Waals surface area contributed by atoms with Crippen LogP contribution in [0.2, 0.25) is 0 Å². The van der Waals surface area contributed by atoms with Crippen LogP contribution in [0.3, 0.4) is 0 Å². The first-order valence-corrected chi connectivity index (χ1v) is 7.34. The summed E-state index contributed by atoms with van der Waals surface area (Å²) in [6.07, 6.45) is 7.26. The van der Waals surface area contributed by atoms with E-state index in [1.165, 1.54) is 37.8 Å². The Hall–Kier alpha value is -0.900. The summed E-state index contributed by atoms with van der Waals surface area (Å²) in [5, 5.41) is 8.46. The van der Waals surface area contributed by atoms with Gasteiger partial charge in [-0.3, -0.25) is 4.68 Å². The molecule has 0 atom stereocenters. The summed E-state index contributed by atoms with van der Waals surface area (Å²) >= 11 is 0. The van der Waals surface area contributed by atoms with E-state index in [0.29, 0.717) is 12.5 Å². The number of aromatic nitrogens is 3. The Morgan fingerprint density at radius 3 is 2.28 bits per heavy atom. The molecule has 4 aliphatic rings. The molecule has 98 valence electrons. The largest absolute Gasteiger partial charge is 0.325 e. The fraction of sp³-hybridized carbons (Fsp3) is 0.857. The van der Waals surface area contributed by atoms with Crippen LogP contribution in [0.4, 0.5) is 0 Å². The van der Waals surface area contributed by atoms with Gasteiger partial charge < -0.3 is 5.73 Å². The second-order valence-electron chi connectivity index (χ2n) is 6.71. The number of nitrogens with zero attached hydrogens (tertiary/aromatic N) is 3. The number of hydrogen-bond donors (Lipinski definition) is 1. The molecule has 0 spiro atoms. The van der Waals surface area contributed by atoms with Crippen LogP contribution in [0.25, 0.3) is 0 Å². The topological polar surface area (TPSA) is 56.7 Å². The molecule has 4 bridgehead atoms. The van der Waals surface area contributed by atoms with Gasteiger partial charge in [0.25, 0.3) is 0 Å². The molecule has 1 heterocycles. The standard InChI is InChI=1S/C14H22N4/c1-18-14(12(7-15)16-17-18)13-10-3-8-2-9(5-10)6-11(13)4-8/h8-11,13H,2-7,15H2,1H3. The predicted molar refractivity (Wildman–Crippen MR) is 68.7 cm³/mol. The van der Waals surface area contributed by atoms with E-state index < -0.39 is 0 Å². The average molecular weight is 246 g/mol. The second kappa shape index (κ2) is 3.80. The van der Waals surface area contributed by atoms with Crippen molar-refractivity contribution in [3.63, 3.8) is 0 Å². The molecule has 1 aromatic heterocycles. The highest BCUT2D eigenvalue weighted by Crippen LogP contribution is 2.59. The number of aryl methyl sites for hydroxylation is 1. The third kappa shape index (κ3) is 1.41. The van der Waals surface area contributed by atoms with Crippen molar-refractivity contribution in [2.75, 3.05) is 0 Å². The minimum Gasteiger partial charge on any atom is -0.325 e. The van der Waals surface area contributed by atoms with E-state index in [4.69, 9.17) is 5.73 Å². The SMILES string of the molecule is Cn1nnc(CN)c1C1C2CC3CC(C2)CC1C3. The molecular weight excluding hydrogens is 224 g/mol. The summed E-state index contributed by atoms with van der Waals surface area (Å²) in [4.78, 5) is 0. The third-order valence-electron chi connectivity index (χ3n) is 5.68. The van der Waals surface area contributed by atoms with Gasteiger partial charge >= 0.3 is 0 Å². The molecule has 0 amide bonds. The Kier molecular flexibility index (Phi) is 2.31. The van der Waals surface area contributed by atoms with Crippen LogP contribution in [0.1, 0.15) is 49.4 Å². The van der Waals surface area contributed by atoms with Crippen LogP contribution in [0.5, 0.6) is 0 Å². The van der Waals surface area contributed by atoms with Crippen molar-refractivity contribution in [1.82, 2.24) is 15.0 Å². The van der Waals surface area contributed by atoms with Gasteiger partial charge in [-0.05, 0) is 55.8 Å². The van der Waals surface area contributed by atoms with Crippen molar-refractivity contribution in [1.29, 1.82) is 0 Å². The summed E-state index contributed by atoms with van der Waals surface area (Å²) in [6.45, 7) is 0.534. The zero-order valence-electron chi connectivity index (χ0n) is 11.0. The van der Waals surface area contributed by atoms with Crippen LogP contribution in [0.15, 0.2) is 0 Å². The van der Waals surface area contributed by atoms with Crippen molar-refractivity contribution in [3.05, 3.63) is 11.4 Å². The molecule has 4 saturated carbocycles. The van der Waals surface area contributed by atoms with E-state index in [1.54, 1.807) is 0 Å². The third-order valence-corrected chi connectivity index (χ3v) is 5.68. The molecule has 4 heteroatoms. The first-order valence-electron chi connectivity index (χ1n) is 7.34. The van der Waals surface area contributed by atoms with E-state index in [2.05, 4.69) is 10.3 Å². The van der Waals surface area contributed by atoms with Crippen molar-refractivity contribution in [2.45, 2.75) is 44.6 Å². The molecule has 0 aromatic carbocycles. The highest BCUT2D eigenvalue weighted by molar-refractivity contribution is 5.21. The van der Waals surface area contributed by atoms with Crippen LogP contribution in [-0.2, 0) is 13.6 Å². The van der Waals surface area contributed by atoms with Crippen molar-refractivity contribution in [2.24, 2.45) is 36.5 Å². The number of rotatable bonds is 2. The van der Waals surface area contributed by atoms with Crippen LogP contribution < -0.4 is 5.73 Å². The molecule has 4 nitrogen and oxygen atoms in total. The fourth-order valence-corrected chi connectivity index (χ4v) is 5.33. The van der Waals surface area contributed by atoms with Crippen LogP contribution in [0, 0.1) is 23.7 Å². The maximum absolute atomic E-state index is 5.84. The summed E-state index contributed by atoms with van der Waals surface area (Å²) in [5.74, 6) is 4.49. The van der Waals surface area contributed by atoms with Gasteiger partial charge in [0.2, 0.25) is 0 Å². The summed E-state index contributed by atoms with van der Waals surface area (Å²) in [6, 6.07) is 0. The zero-order chi connectivity index (χ0) is 12.3. The van der Waals surface area contributed by atoms with Gasteiger partial charge in [0.15, 0.2) is 0 Å². The highest BCUT2D eigenvalue weighted by atomic mass is 15.4. The minimum absolute atomic E-state index is 0.534. The molecular formula is C14H22N4. The lowest BCUT2D eigenvalue weighted by Gasteiger charge is -2.54. The molecule has 0 radical (unpaired) electrons. The lowest BCUT2D eigenvalue weighted by atomic mass is 9.51. The molecule has 2 N–H and O–H groups in total. The molecule has 18 heavy (non-hydrogen) atoms. The number of hydrogen-bond acceptors (Lipinski definition) is 3. The Bertz CT molecular complexity index is 436. The quantitative estimate of drug-likeness (QED) is 0.866. The molecule has 1 aromatic rings. The summed E-state index contributed by atoms with van der Waals surface area (Å²) in [5.41, 5.74) is 8.23. The normalized spacial score (nSPS) is 41.6. The lowest BCUT2D eigenvalue weighted by molar-refractivity contribution is -0.00562. The minimum atomic E-state index is 0.534. The van der Waals surface area contributed by atoms with Crippen molar-refractivity contribution in [3.8, 4) is 0 Å². The van der Waals surface area contributed by atoms with Gasteiger partial charge in [0.05, 0.1) is 11.4 Å². The van der Waals surface area contributed by atoms with Gasteiger partial charge in [-0.1, -0.05) is 5.21 Å². The molecule has 4 aliphatic carbocycles. The Balaban J connectivity index is 1.74. The maximum atomic E-state index is 5.84. The van der Waals surface area contributed by atoms with E-state index in [1.807, 2.05) is 11.7 Å². The Morgan fingerprint density at radius 2 is 1.72 bits per heavy atom. The van der Waals surface area contributed by atoms with Crippen LogP contribution >= 0.6 is 0 Å². The van der Waals surface area contributed by atoms with E-state index in [-0.39, 0.29) is 0 Å². The second-order valence-corrected chi connectivity index (χ2v) is 6.71. The van der Waals surface area contributed by atoms with Crippen molar-refractivity contribution < 1.29 is 0 Å². The zero-order valence-corrected chi connectivity index (χ0v) is 11.0. The smallest absolute Gasteiger partial charge is 0.0997 e. The molecule has 5 rings (SSSR count).